The summed E-state index contributed by atoms with van der Waals surface area (Å²) in [5.41, 5.74) is 0.00437. The van der Waals surface area contributed by atoms with Crippen molar-refractivity contribution in [3.63, 3.8) is 0 Å². The molecule has 1 unspecified atom stereocenters. The summed E-state index contributed by atoms with van der Waals surface area (Å²) in [5, 5.41) is 13.1. The predicted molar refractivity (Wildman–Crippen MR) is 117 cm³/mol. The molecule has 2 atom stereocenters. The van der Waals surface area contributed by atoms with Gasteiger partial charge in [0.1, 0.15) is 19.3 Å². The number of benzene rings is 1. The molecule has 1 aliphatic rings. The number of anilines is 1. The third-order valence-electron chi connectivity index (χ3n) is 5.91. The molecular weight excluding hydrogens is 400 g/mol. The predicted octanol–water partition coefficient (Wildman–Crippen LogP) is 2.32. The lowest BCUT2D eigenvalue weighted by Gasteiger charge is -2.44. The Morgan fingerprint density at radius 2 is 2.00 bits per heavy atom. The van der Waals surface area contributed by atoms with Crippen LogP contribution in [-0.2, 0) is 24.5 Å². The normalized spacial score (nSPS) is 18.5. The van der Waals surface area contributed by atoms with Gasteiger partial charge in [0, 0.05) is 12.0 Å². The number of aliphatic hydroxyl groups is 1. The number of nitrogens with zero attached hydrogens (tertiary/aromatic N) is 1. The molecule has 31 heavy (non-hydrogen) atoms. The first-order valence-electron chi connectivity index (χ1n) is 9.94. The van der Waals surface area contributed by atoms with Crippen molar-refractivity contribution >= 4 is 23.7 Å². The van der Waals surface area contributed by atoms with Gasteiger partial charge < -0.3 is 19.9 Å². The van der Waals surface area contributed by atoms with Crippen LogP contribution >= 0.6 is 0 Å². The number of hydrogen-bond donors (Lipinski definition) is 2. The standard InChI is InChI=1S/C23H30N2O6/c1-6-12-31-21(29)25-15-23(22(3,4)7-2,16-10-8-9-11-17(16)25)13-18(26)20(28)24-14-19(27)30-5/h6-11,18,26H,1-2,12-15H2,3-5H3,(H,24,28)/t18?,23-/m0/s1. The molecule has 0 saturated heterocycles. The summed E-state index contributed by atoms with van der Waals surface area (Å²) in [4.78, 5) is 38.0. The van der Waals surface area contributed by atoms with Crippen molar-refractivity contribution in [2.45, 2.75) is 31.8 Å². The smallest absolute Gasteiger partial charge is 0.414 e. The molecule has 1 aromatic carbocycles. The fourth-order valence-electron chi connectivity index (χ4n) is 3.88. The fraction of sp³-hybridized carbons (Fsp3) is 0.435. The Hall–Kier alpha value is -3.13. The largest absolute Gasteiger partial charge is 0.468 e. The van der Waals surface area contributed by atoms with Gasteiger partial charge in [0.25, 0.3) is 0 Å². The van der Waals surface area contributed by atoms with E-state index in [-0.39, 0.29) is 26.1 Å². The number of carbonyl (C=O) groups excluding carboxylic acids is 3. The maximum atomic E-state index is 12.7. The second kappa shape index (κ2) is 9.78. The number of aliphatic hydroxyl groups excluding tert-OH is 1. The molecule has 0 aliphatic carbocycles. The number of para-hydroxylation sites is 1. The number of esters is 1. The van der Waals surface area contributed by atoms with Crippen molar-refractivity contribution in [1.82, 2.24) is 5.32 Å². The summed E-state index contributed by atoms with van der Waals surface area (Å²) in [7, 11) is 1.21. The van der Waals surface area contributed by atoms with E-state index in [1.54, 1.807) is 12.1 Å². The second-order valence-electron chi connectivity index (χ2n) is 7.99. The van der Waals surface area contributed by atoms with Crippen molar-refractivity contribution in [2.24, 2.45) is 5.41 Å². The second-order valence-corrected chi connectivity index (χ2v) is 7.99. The lowest BCUT2D eigenvalue weighted by atomic mass is 9.60. The Kier molecular flexibility index (Phi) is 7.62. The first-order valence-corrected chi connectivity index (χ1v) is 9.94. The molecule has 1 heterocycles. The van der Waals surface area contributed by atoms with Crippen LogP contribution in [0.4, 0.5) is 10.5 Å². The van der Waals surface area contributed by atoms with Gasteiger partial charge in [0.15, 0.2) is 0 Å². The minimum atomic E-state index is -1.43. The highest BCUT2D eigenvalue weighted by molar-refractivity contribution is 5.92. The molecule has 0 saturated carbocycles. The van der Waals surface area contributed by atoms with Gasteiger partial charge in [-0.2, -0.15) is 0 Å². The van der Waals surface area contributed by atoms with Crippen molar-refractivity contribution in [3.8, 4) is 0 Å². The number of fused-ring (bicyclic) bond motifs is 1. The van der Waals surface area contributed by atoms with E-state index in [0.29, 0.717) is 5.69 Å². The molecule has 2 N–H and O–H groups in total. The summed E-state index contributed by atoms with van der Waals surface area (Å²) < 4.78 is 9.76. The van der Waals surface area contributed by atoms with Crippen LogP contribution in [0.5, 0.6) is 0 Å². The number of methoxy groups -OCH3 is 1. The van der Waals surface area contributed by atoms with Crippen LogP contribution in [0.25, 0.3) is 0 Å². The van der Waals surface area contributed by atoms with Crippen LogP contribution < -0.4 is 10.2 Å². The maximum absolute atomic E-state index is 12.7. The lowest BCUT2D eigenvalue weighted by Crippen LogP contribution is -2.50. The van der Waals surface area contributed by atoms with Gasteiger partial charge in [-0.25, -0.2) is 4.79 Å². The third kappa shape index (κ3) is 4.80. The molecule has 2 amide bonds. The molecule has 0 spiro atoms. The zero-order chi connectivity index (χ0) is 23.2. The fourth-order valence-corrected chi connectivity index (χ4v) is 3.88. The van der Waals surface area contributed by atoms with Crippen molar-refractivity contribution < 1.29 is 29.0 Å². The molecule has 2 rings (SSSR count). The number of allylic oxidation sites excluding steroid dienone is 1. The minimum absolute atomic E-state index is 0.00127. The van der Waals surface area contributed by atoms with Gasteiger partial charge in [0.05, 0.1) is 12.8 Å². The van der Waals surface area contributed by atoms with Crippen molar-refractivity contribution in [1.29, 1.82) is 0 Å². The summed E-state index contributed by atoms with van der Waals surface area (Å²) in [6.45, 7) is 11.3. The first kappa shape index (κ1) is 24.1. The molecule has 1 aliphatic heterocycles. The molecule has 0 radical (unpaired) electrons. The van der Waals surface area contributed by atoms with E-state index in [2.05, 4.69) is 23.2 Å². The van der Waals surface area contributed by atoms with Gasteiger partial charge in [-0.3, -0.25) is 14.5 Å². The Morgan fingerprint density at radius 1 is 1.32 bits per heavy atom. The minimum Gasteiger partial charge on any atom is -0.468 e. The Morgan fingerprint density at radius 3 is 2.61 bits per heavy atom. The number of nitrogens with one attached hydrogen (secondary N) is 1. The van der Waals surface area contributed by atoms with Crippen molar-refractivity contribution in [3.05, 3.63) is 55.1 Å². The van der Waals surface area contributed by atoms with Gasteiger partial charge in [-0.1, -0.05) is 50.8 Å². The van der Waals surface area contributed by atoms with Gasteiger partial charge in [0.2, 0.25) is 5.91 Å². The molecular formula is C23H30N2O6. The van der Waals surface area contributed by atoms with E-state index in [1.165, 1.54) is 18.1 Å². The Balaban J connectivity index is 2.43. The zero-order valence-corrected chi connectivity index (χ0v) is 18.2. The lowest BCUT2D eigenvalue weighted by molar-refractivity contribution is -0.142. The topological polar surface area (TPSA) is 105 Å². The molecule has 168 valence electrons. The summed E-state index contributed by atoms with van der Waals surface area (Å²) >= 11 is 0. The maximum Gasteiger partial charge on any atom is 0.414 e. The summed E-state index contributed by atoms with van der Waals surface area (Å²) in [5.74, 6) is -1.32. The monoisotopic (exact) mass is 430 g/mol. The van der Waals surface area contributed by atoms with E-state index in [0.717, 1.165) is 5.56 Å². The van der Waals surface area contributed by atoms with E-state index < -0.39 is 34.9 Å². The van der Waals surface area contributed by atoms with Crippen LogP contribution in [-0.4, -0.2) is 56.0 Å². The molecule has 0 aromatic heterocycles. The van der Waals surface area contributed by atoms with E-state index in [1.807, 2.05) is 32.0 Å². The number of ether oxygens (including phenoxy) is 2. The number of amides is 2. The van der Waals surface area contributed by atoms with E-state index in [4.69, 9.17) is 4.74 Å². The highest BCUT2D eigenvalue weighted by Crippen LogP contribution is 2.54. The van der Waals surface area contributed by atoms with E-state index in [9.17, 15) is 19.5 Å². The van der Waals surface area contributed by atoms with Crippen LogP contribution in [0.2, 0.25) is 0 Å². The number of rotatable bonds is 9. The van der Waals surface area contributed by atoms with Crippen LogP contribution in [0.3, 0.4) is 0 Å². The Bertz CT molecular complexity index is 865. The number of hydrogen-bond acceptors (Lipinski definition) is 6. The highest BCUT2D eigenvalue weighted by Gasteiger charge is 2.54. The van der Waals surface area contributed by atoms with Gasteiger partial charge >= 0.3 is 12.1 Å². The molecule has 8 heteroatoms. The van der Waals surface area contributed by atoms with Gasteiger partial charge in [-0.15, -0.1) is 6.58 Å². The van der Waals surface area contributed by atoms with Crippen LogP contribution in [0.15, 0.2) is 49.6 Å². The highest BCUT2D eigenvalue weighted by atomic mass is 16.6. The first-order chi connectivity index (χ1) is 14.6. The van der Waals surface area contributed by atoms with Gasteiger partial charge in [-0.05, 0) is 23.5 Å². The molecule has 0 bridgehead atoms. The summed E-state index contributed by atoms with van der Waals surface area (Å²) in [6.07, 6.45) is 1.26. The zero-order valence-electron chi connectivity index (χ0n) is 18.2. The number of carbonyl (C=O) groups is 3. The molecule has 0 fully saturated rings. The van der Waals surface area contributed by atoms with Crippen LogP contribution in [0, 0.1) is 5.41 Å². The SMILES string of the molecule is C=CCOC(=O)N1C[C@](CC(O)C(=O)NCC(=O)OC)(C(C)(C)C=C)c2ccccc21. The summed E-state index contributed by atoms with van der Waals surface area (Å²) in [6, 6.07) is 7.33. The third-order valence-corrected chi connectivity index (χ3v) is 5.91. The molecule has 1 aromatic rings. The average Bonchev–Trinajstić information content (AvgIpc) is 3.11. The van der Waals surface area contributed by atoms with Crippen molar-refractivity contribution in [2.75, 3.05) is 31.7 Å². The average molecular weight is 431 g/mol. The van der Waals surface area contributed by atoms with E-state index >= 15 is 0 Å². The van der Waals surface area contributed by atoms with Crippen LogP contribution in [0.1, 0.15) is 25.8 Å². The Labute approximate surface area is 182 Å². The molecule has 8 nitrogen and oxygen atoms in total. The quantitative estimate of drug-likeness (QED) is 0.460.